The van der Waals surface area contributed by atoms with Gasteiger partial charge in [0.1, 0.15) is 0 Å². The zero-order valence-electron chi connectivity index (χ0n) is 9.44. The molecule has 0 radical (unpaired) electrons. The van der Waals surface area contributed by atoms with Crippen LogP contribution in [0, 0.1) is 11.3 Å². The lowest BCUT2D eigenvalue weighted by Gasteiger charge is -2.19. The van der Waals surface area contributed by atoms with Gasteiger partial charge in [-0.3, -0.25) is 0 Å². The Morgan fingerprint density at radius 3 is 2.43 bits per heavy atom. The van der Waals surface area contributed by atoms with E-state index in [2.05, 4.69) is 6.92 Å². The fourth-order valence-electron chi connectivity index (χ4n) is 3.12. The molecule has 14 heavy (non-hydrogen) atoms. The maximum absolute atomic E-state index is 2.33. The van der Waals surface area contributed by atoms with Crippen molar-refractivity contribution in [2.45, 2.75) is 64.7 Å². The van der Waals surface area contributed by atoms with E-state index < -0.39 is 0 Å². The van der Waals surface area contributed by atoms with Crippen LogP contribution in [-0.4, -0.2) is 0 Å². The topological polar surface area (TPSA) is 0 Å². The van der Waals surface area contributed by atoms with Crippen molar-refractivity contribution in [2.75, 3.05) is 0 Å². The van der Waals surface area contributed by atoms with Crippen molar-refractivity contribution < 1.29 is 0 Å². The Balaban J connectivity index is 1.75. The first-order valence-electron chi connectivity index (χ1n) is 6.58. The Morgan fingerprint density at radius 2 is 2.00 bits per heavy atom. The smallest absolute Gasteiger partial charge is 0.00820 e. The first-order chi connectivity index (χ1) is 6.86. The highest BCUT2D eigenvalue weighted by atomic mass is 14.6. The van der Waals surface area contributed by atoms with Gasteiger partial charge in [-0.25, -0.2) is 0 Å². The summed E-state index contributed by atoms with van der Waals surface area (Å²) in [6, 6.07) is 0. The third-order valence-corrected chi connectivity index (χ3v) is 4.30. The molecule has 0 aliphatic heterocycles. The minimum absolute atomic E-state index is 0.767. The SMILES string of the molecule is CCCCC1(C(=C2CC2)C2CC2)CC1. The Bertz CT molecular complexity index is 258. The molecule has 0 N–H and O–H groups in total. The predicted molar refractivity (Wildman–Crippen MR) is 60.2 cm³/mol. The lowest BCUT2D eigenvalue weighted by molar-refractivity contribution is 0.492. The van der Waals surface area contributed by atoms with Crippen molar-refractivity contribution in [1.29, 1.82) is 0 Å². The normalized spacial score (nSPS) is 27.6. The molecular formula is C14H22. The van der Waals surface area contributed by atoms with E-state index in [1.807, 2.05) is 11.1 Å². The van der Waals surface area contributed by atoms with E-state index in [0.717, 1.165) is 11.3 Å². The van der Waals surface area contributed by atoms with Gasteiger partial charge in [0.25, 0.3) is 0 Å². The van der Waals surface area contributed by atoms with Gasteiger partial charge in [-0.2, -0.15) is 0 Å². The second kappa shape index (κ2) is 3.12. The van der Waals surface area contributed by atoms with E-state index in [-0.39, 0.29) is 0 Å². The summed E-state index contributed by atoms with van der Waals surface area (Å²) in [5.74, 6) is 1.06. The molecule has 0 spiro atoms. The van der Waals surface area contributed by atoms with Crippen LogP contribution >= 0.6 is 0 Å². The molecule has 0 heterocycles. The first kappa shape index (κ1) is 9.00. The van der Waals surface area contributed by atoms with Gasteiger partial charge < -0.3 is 0 Å². The van der Waals surface area contributed by atoms with Crippen molar-refractivity contribution in [2.24, 2.45) is 11.3 Å². The van der Waals surface area contributed by atoms with Crippen molar-refractivity contribution >= 4 is 0 Å². The third-order valence-electron chi connectivity index (χ3n) is 4.30. The summed E-state index contributed by atoms with van der Waals surface area (Å²) in [4.78, 5) is 0. The average Bonchev–Trinajstić information content (AvgIpc) is 3.01. The Kier molecular flexibility index (Phi) is 2.00. The summed E-state index contributed by atoms with van der Waals surface area (Å²) in [5, 5.41) is 0. The monoisotopic (exact) mass is 190 g/mol. The number of hydrogen-bond donors (Lipinski definition) is 0. The number of unbranched alkanes of at least 4 members (excludes halogenated alkanes) is 1. The van der Waals surface area contributed by atoms with Gasteiger partial charge >= 0.3 is 0 Å². The fourth-order valence-corrected chi connectivity index (χ4v) is 3.12. The molecular weight excluding hydrogens is 168 g/mol. The molecule has 0 amide bonds. The highest BCUT2D eigenvalue weighted by molar-refractivity contribution is 5.38. The van der Waals surface area contributed by atoms with Crippen LogP contribution in [0.25, 0.3) is 0 Å². The van der Waals surface area contributed by atoms with Crippen LogP contribution in [0.4, 0.5) is 0 Å². The summed E-state index contributed by atoms with van der Waals surface area (Å²) in [6.45, 7) is 2.33. The molecule has 0 bridgehead atoms. The summed E-state index contributed by atoms with van der Waals surface area (Å²) in [7, 11) is 0. The molecule has 3 aliphatic rings. The summed E-state index contributed by atoms with van der Waals surface area (Å²) >= 11 is 0. The van der Waals surface area contributed by atoms with Gasteiger partial charge in [0.05, 0.1) is 0 Å². The van der Waals surface area contributed by atoms with Crippen molar-refractivity contribution in [1.82, 2.24) is 0 Å². The Hall–Kier alpha value is -0.260. The van der Waals surface area contributed by atoms with Crippen LogP contribution < -0.4 is 0 Å². The molecule has 0 atom stereocenters. The van der Waals surface area contributed by atoms with Crippen LogP contribution in [-0.2, 0) is 0 Å². The summed E-state index contributed by atoms with van der Waals surface area (Å²) in [5.41, 5.74) is 4.65. The zero-order chi connectivity index (χ0) is 9.60. The van der Waals surface area contributed by atoms with Gasteiger partial charge in [-0.1, -0.05) is 30.9 Å². The quantitative estimate of drug-likeness (QED) is 0.562. The van der Waals surface area contributed by atoms with Gasteiger partial charge in [-0.05, 0) is 56.3 Å². The molecule has 0 aromatic carbocycles. The third kappa shape index (κ3) is 1.53. The molecule has 0 saturated heterocycles. The van der Waals surface area contributed by atoms with E-state index in [4.69, 9.17) is 0 Å². The molecule has 0 nitrogen and oxygen atoms in total. The highest BCUT2D eigenvalue weighted by Crippen LogP contribution is 2.64. The van der Waals surface area contributed by atoms with E-state index in [9.17, 15) is 0 Å². The van der Waals surface area contributed by atoms with Crippen LogP contribution in [0.5, 0.6) is 0 Å². The minimum Gasteiger partial charge on any atom is -0.0695 e. The van der Waals surface area contributed by atoms with Crippen LogP contribution in [0.3, 0.4) is 0 Å². The number of rotatable bonds is 5. The molecule has 0 unspecified atom stereocenters. The zero-order valence-corrected chi connectivity index (χ0v) is 9.44. The van der Waals surface area contributed by atoms with Crippen molar-refractivity contribution in [3.63, 3.8) is 0 Å². The second-order valence-electron chi connectivity index (χ2n) is 5.68. The van der Waals surface area contributed by atoms with E-state index in [1.54, 1.807) is 0 Å². The highest BCUT2D eigenvalue weighted by Gasteiger charge is 2.51. The van der Waals surface area contributed by atoms with Crippen LogP contribution in [0.2, 0.25) is 0 Å². The predicted octanol–water partition coefficient (Wildman–Crippen LogP) is 4.46. The maximum atomic E-state index is 2.33. The van der Waals surface area contributed by atoms with Crippen molar-refractivity contribution in [3.8, 4) is 0 Å². The second-order valence-corrected chi connectivity index (χ2v) is 5.68. The molecule has 0 heteroatoms. The molecule has 3 saturated carbocycles. The lowest BCUT2D eigenvalue weighted by atomic mass is 9.86. The average molecular weight is 190 g/mol. The van der Waals surface area contributed by atoms with E-state index in [1.165, 1.54) is 57.8 Å². The lowest BCUT2D eigenvalue weighted by Crippen LogP contribution is -2.07. The molecule has 0 aromatic heterocycles. The first-order valence-corrected chi connectivity index (χ1v) is 6.58. The van der Waals surface area contributed by atoms with Gasteiger partial charge in [0.2, 0.25) is 0 Å². The largest absolute Gasteiger partial charge is 0.0695 e. The van der Waals surface area contributed by atoms with Crippen LogP contribution in [0.15, 0.2) is 11.1 Å². The fraction of sp³-hybridized carbons (Fsp3) is 0.857. The van der Waals surface area contributed by atoms with E-state index in [0.29, 0.717) is 0 Å². The minimum atomic E-state index is 0.767. The van der Waals surface area contributed by atoms with Crippen LogP contribution in [0.1, 0.15) is 64.7 Å². The molecule has 78 valence electrons. The van der Waals surface area contributed by atoms with Gasteiger partial charge in [0.15, 0.2) is 0 Å². The molecule has 3 fully saturated rings. The number of allylic oxidation sites excluding steroid dienone is 2. The molecule has 3 aliphatic carbocycles. The summed E-state index contributed by atoms with van der Waals surface area (Å²) < 4.78 is 0. The Morgan fingerprint density at radius 1 is 1.29 bits per heavy atom. The van der Waals surface area contributed by atoms with Gasteiger partial charge in [-0.15, -0.1) is 0 Å². The van der Waals surface area contributed by atoms with E-state index >= 15 is 0 Å². The number of hydrogen-bond acceptors (Lipinski definition) is 0. The Labute approximate surface area is 87.8 Å². The maximum Gasteiger partial charge on any atom is -0.00820 e. The van der Waals surface area contributed by atoms with Gasteiger partial charge in [0, 0.05) is 0 Å². The standard InChI is InChI=1S/C14H22/c1-2-3-8-14(9-10-14)13(11-4-5-11)12-6-7-12/h11H,2-10H2,1H3. The molecule has 3 rings (SSSR count). The molecule has 0 aromatic rings. The summed E-state index contributed by atoms with van der Waals surface area (Å²) in [6.07, 6.45) is 13.4. The van der Waals surface area contributed by atoms with Crippen molar-refractivity contribution in [3.05, 3.63) is 11.1 Å².